The highest BCUT2D eigenvalue weighted by molar-refractivity contribution is 9.10. The molecule has 2 fully saturated rings. The molecule has 9 heteroatoms. The average molecular weight is 479 g/mol. The van der Waals surface area contributed by atoms with Crippen molar-refractivity contribution in [3.63, 3.8) is 0 Å². The second-order valence-corrected chi connectivity index (χ2v) is 10.0. The summed E-state index contributed by atoms with van der Waals surface area (Å²) in [6.07, 6.45) is 6.93. The quantitative estimate of drug-likeness (QED) is 0.662. The zero-order valence-corrected chi connectivity index (χ0v) is 18.3. The van der Waals surface area contributed by atoms with Crippen molar-refractivity contribution in [2.75, 3.05) is 23.3 Å². The van der Waals surface area contributed by atoms with E-state index in [9.17, 15) is 13.2 Å². The normalized spacial score (nSPS) is 17.2. The Hall–Kier alpha value is -1.97. The third-order valence-electron chi connectivity index (χ3n) is 5.08. The van der Waals surface area contributed by atoms with Gasteiger partial charge >= 0.3 is 0 Å². The number of hydrogen-bond donors (Lipinski definition) is 2. The van der Waals surface area contributed by atoms with E-state index in [0.717, 1.165) is 31.7 Å². The third-order valence-corrected chi connectivity index (χ3v) is 7.29. The average Bonchev–Trinajstić information content (AvgIpc) is 3.52. The van der Waals surface area contributed by atoms with E-state index in [2.05, 4.69) is 35.9 Å². The Morgan fingerprint density at radius 1 is 1.10 bits per heavy atom. The minimum Gasteiger partial charge on any atom is -0.357 e. The van der Waals surface area contributed by atoms with Crippen LogP contribution in [0, 0.1) is 0 Å². The molecule has 0 atom stereocenters. The van der Waals surface area contributed by atoms with Crippen LogP contribution in [-0.4, -0.2) is 38.4 Å². The molecule has 1 saturated carbocycles. The summed E-state index contributed by atoms with van der Waals surface area (Å²) in [7, 11) is -3.63. The van der Waals surface area contributed by atoms with Crippen LogP contribution in [0.3, 0.4) is 0 Å². The standard InChI is InChI=1S/C20H23BrN4O3S/c21-18-8-7-16(29(27,28)24-14-4-5-14)12-17(18)20(26)23-15-6-9-19(22-13-15)25-10-2-1-3-11-25/h6-9,12-14,24H,1-5,10-11H2,(H,23,26). The van der Waals surface area contributed by atoms with E-state index in [1.807, 2.05) is 12.1 Å². The first-order valence-corrected chi connectivity index (χ1v) is 12.0. The van der Waals surface area contributed by atoms with Gasteiger partial charge in [0.05, 0.1) is 22.3 Å². The Balaban J connectivity index is 1.48. The summed E-state index contributed by atoms with van der Waals surface area (Å²) in [5.41, 5.74) is 0.816. The van der Waals surface area contributed by atoms with Crippen LogP contribution >= 0.6 is 15.9 Å². The van der Waals surface area contributed by atoms with Gasteiger partial charge in [0.1, 0.15) is 5.82 Å². The smallest absolute Gasteiger partial charge is 0.256 e. The molecule has 2 aliphatic rings. The zero-order chi connectivity index (χ0) is 20.4. The van der Waals surface area contributed by atoms with Gasteiger partial charge in [0, 0.05) is 23.6 Å². The fraction of sp³-hybridized carbons (Fsp3) is 0.400. The first kappa shape index (κ1) is 20.3. The maximum absolute atomic E-state index is 12.7. The van der Waals surface area contributed by atoms with Crippen LogP contribution in [0.15, 0.2) is 45.9 Å². The Bertz CT molecular complexity index is 1000. The Kier molecular flexibility index (Phi) is 5.89. The maximum Gasteiger partial charge on any atom is 0.256 e. The number of piperidine rings is 1. The van der Waals surface area contributed by atoms with E-state index in [1.165, 1.54) is 31.4 Å². The molecule has 154 valence electrons. The van der Waals surface area contributed by atoms with Gasteiger partial charge in [-0.05, 0) is 78.4 Å². The number of carbonyl (C=O) groups excluding carboxylic acids is 1. The number of anilines is 2. The van der Waals surface area contributed by atoms with E-state index in [0.29, 0.717) is 10.2 Å². The molecule has 0 radical (unpaired) electrons. The Morgan fingerprint density at radius 3 is 2.52 bits per heavy atom. The molecule has 1 aromatic carbocycles. The molecule has 1 aliphatic heterocycles. The first-order valence-electron chi connectivity index (χ1n) is 9.77. The lowest BCUT2D eigenvalue weighted by Gasteiger charge is -2.27. The fourth-order valence-electron chi connectivity index (χ4n) is 3.30. The van der Waals surface area contributed by atoms with Crippen molar-refractivity contribution >= 4 is 43.4 Å². The van der Waals surface area contributed by atoms with Crippen molar-refractivity contribution in [1.29, 1.82) is 0 Å². The van der Waals surface area contributed by atoms with Gasteiger partial charge in [-0.15, -0.1) is 0 Å². The number of amides is 1. The molecule has 0 unspecified atom stereocenters. The number of pyridine rings is 1. The summed E-state index contributed by atoms with van der Waals surface area (Å²) in [4.78, 5) is 19.5. The molecule has 1 aromatic heterocycles. The molecule has 0 spiro atoms. The first-order chi connectivity index (χ1) is 13.9. The third kappa shape index (κ3) is 4.96. The van der Waals surface area contributed by atoms with Gasteiger partial charge in [-0.25, -0.2) is 18.1 Å². The van der Waals surface area contributed by atoms with Crippen LogP contribution in [0.5, 0.6) is 0 Å². The van der Waals surface area contributed by atoms with Gasteiger partial charge in [0.25, 0.3) is 5.91 Å². The van der Waals surface area contributed by atoms with E-state index < -0.39 is 15.9 Å². The lowest BCUT2D eigenvalue weighted by molar-refractivity contribution is 0.102. The predicted octanol–water partition coefficient (Wildman–Crippen LogP) is 3.53. The number of aromatic nitrogens is 1. The van der Waals surface area contributed by atoms with Gasteiger partial charge in [0.15, 0.2) is 0 Å². The van der Waals surface area contributed by atoms with Gasteiger partial charge in [-0.1, -0.05) is 0 Å². The van der Waals surface area contributed by atoms with Gasteiger partial charge < -0.3 is 10.2 Å². The van der Waals surface area contributed by atoms with Crippen molar-refractivity contribution in [2.24, 2.45) is 0 Å². The van der Waals surface area contributed by atoms with E-state index in [-0.39, 0.29) is 16.5 Å². The van der Waals surface area contributed by atoms with Crippen LogP contribution in [0.1, 0.15) is 42.5 Å². The van der Waals surface area contributed by atoms with Crippen molar-refractivity contribution in [3.8, 4) is 0 Å². The van der Waals surface area contributed by atoms with E-state index in [4.69, 9.17) is 0 Å². The molecular formula is C20H23BrN4O3S. The molecule has 1 aliphatic carbocycles. The summed E-state index contributed by atoms with van der Waals surface area (Å²) in [5.74, 6) is 0.510. The fourth-order valence-corrected chi connectivity index (χ4v) is 5.06. The summed E-state index contributed by atoms with van der Waals surface area (Å²) in [6.45, 7) is 2.00. The highest BCUT2D eigenvalue weighted by atomic mass is 79.9. The largest absolute Gasteiger partial charge is 0.357 e. The Morgan fingerprint density at radius 2 is 1.86 bits per heavy atom. The zero-order valence-electron chi connectivity index (χ0n) is 15.9. The second kappa shape index (κ2) is 8.41. The molecule has 7 nitrogen and oxygen atoms in total. The highest BCUT2D eigenvalue weighted by Crippen LogP contribution is 2.26. The highest BCUT2D eigenvalue weighted by Gasteiger charge is 2.28. The number of rotatable bonds is 6. The summed E-state index contributed by atoms with van der Waals surface area (Å²) in [5, 5.41) is 2.80. The molecule has 2 N–H and O–H groups in total. The van der Waals surface area contributed by atoms with Crippen molar-refractivity contribution < 1.29 is 13.2 Å². The Labute approximate surface area is 179 Å². The number of hydrogen-bond acceptors (Lipinski definition) is 5. The molecule has 1 amide bonds. The van der Waals surface area contributed by atoms with Crippen LogP contribution in [-0.2, 0) is 10.0 Å². The molecule has 0 bridgehead atoms. The molecule has 2 heterocycles. The number of halogens is 1. The summed E-state index contributed by atoms with van der Waals surface area (Å²) >= 11 is 3.34. The predicted molar refractivity (Wildman–Crippen MR) is 116 cm³/mol. The van der Waals surface area contributed by atoms with Crippen LogP contribution in [0.2, 0.25) is 0 Å². The maximum atomic E-state index is 12.7. The second-order valence-electron chi connectivity index (χ2n) is 7.44. The monoisotopic (exact) mass is 478 g/mol. The number of nitrogens with zero attached hydrogens (tertiary/aromatic N) is 2. The molecule has 29 heavy (non-hydrogen) atoms. The van der Waals surface area contributed by atoms with Crippen molar-refractivity contribution in [2.45, 2.75) is 43.0 Å². The van der Waals surface area contributed by atoms with E-state index in [1.54, 1.807) is 12.3 Å². The topological polar surface area (TPSA) is 91.4 Å². The van der Waals surface area contributed by atoms with Gasteiger partial charge in [0.2, 0.25) is 10.0 Å². The van der Waals surface area contributed by atoms with Crippen molar-refractivity contribution in [3.05, 3.63) is 46.6 Å². The molecule has 4 rings (SSSR count). The molecular weight excluding hydrogens is 456 g/mol. The van der Waals surface area contributed by atoms with E-state index >= 15 is 0 Å². The van der Waals surface area contributed by atoms with Crippen LogP contribution in [0.25, 0.3) is 0 Å². The minimum atomic E-state index is -3.63. The van der Waals surface area contributed by atoms with Gasteiger partial charge in [-0.2, -0.15) is 0 Å². The number of sulfonamides is 1. The lowest BCUT2D eigenvalue weighted by Crippen LogP contribution is -2.30. The number of benzene rings is 1. The SMILES string of the molecule is O=C(Nc1ccc(N2CCCCC2)nc1)c1cc(S(=O)(=O)NC2CC2)ccc1Br. The lowest BCUT2D eigenvalue weighted by atomic mass is 10.1. The number of nitrogens with one attached hydrogen (secondary N) is 2. The molecule has 1 saturated heterocycles. The minimum absolute atomic E-state index is 0.00502. The summed E-state index contributed by atoms with van der Waals surface area (Å²) < 4.78 is 28.0. The van der Waals surface area contributed by atoms with Gasteiger partial charge in [-0.3, -0.25) is 4.79 Å². The van der Waals surface area contributed by atoms with Crippen LogP contribution in [0.4, 0.5) is 11.5 Å². The number of carbonyl (C=O) groups is 1. The van der Waals surface area contributed by atoms with Crippen molar-refractivity contribution in [1.82, 2.24) is 9.71 Å². The van der Waals surface area contributed by atoms with Crippen LogP contribution < -0.4 is 14.9 Å². The molecule has 2 aromatic rings. The summed E-state index contributed by atoms with van der Waals surface area (Å²) in [6, 6.07) is 8.17.